The summed E-state index contributed by atoms with van der Waals surface area (Å²) in [4.78, 5) is 56.5. The molecule has 3 aromatic heterocycles. The van der Waals surface area contributed by atoms with Gasteiger partial charge in [-0.3, -0.25) is 4.90 Å². The number of nitrogens with zero attached hydrogens (tertiary/aromatic N) is 14. The first-order chi connectivity index (χ1) is 30.6. The van der Waals surface area contributed by atoms with Crippen molar-refractivity contribution in [3.05, 3.63) is 60.8 Å². The van der Waals surface area contributed by atoms with Gasteiger partial charge >= 0.3 is 6.03 Å². The lowest BCUT2D eigenvalue weighted by Crippen LogP contribution is -2.44. The summed E-state index contributed by atoms with van der Waals surface area (Å²) in [6.45, 7) is 8.27. The Kier molecular flexibility index (Phi) is 9.48. The standard InChI is InChI=1S/C43H46N14O5/c58-43(57-35-13-14-44-51-38(35)57)56(29-5-1-27(2-6-29)36-45-39(52-15-19-59-20-16-52)49-41(47-36)54-23-31-9-10-32(24-54)61-31)30-7-3-28(4-8-30)37-46-40(53-17-21-60-22-18-53)50-42(48-37)55-25-33-11-12-34(26-55)62-33/h1-8,13-14,31-34H,9-12,15-26H2. The van der Waals surface area contributed by atoms with E-state index in [1.54, 1.807) is 22.1 Å². The molecule has 4 unspecified atom stereocenters. The quantitative estimate of drug-likeness (QED) is 0.205. The van der Waals surface area contributed by atoms with E-state index in [0.717, 1.165) is 68.7 Å². The average molecular weight is 839 g/mol. The summed E-state index contributed by atoms with van der Waals surface area (Å²) < 4.78 is 23.6. The number of morpholine rings is 4. The summed E-state index contributed by atoms with van der Waals surface area (Å²) in [5, 5.41) is 8.21. The molecule has 6 saturated heterocycles. The van der Waals surface area contributed by atoms with E-state index in [0.29, 0.717) is 105 Å². The first-order valence-electron chi connectivity index (χ1n) is 21.7. The fourth-order valence-corrected chi connectivity index (χ4v) is 9.40. The molecular formula is C43H46N14O5. The topological polar surface area (TPSA) is 176 Å². The van der Waals surface area contributed by atoms with E-state index >= 15 is 0 Å². The van der Waals surface area contributed by atoms with Crippen LogP contribution in [0.5, 0.6) is 0 Å². The zero-order valence-electron chi connectivity index (χ0n) is 34.2. The third-order valence-corrected chi connectivity index (χ3v) is 12.7. The zero-order valence-corrected chi connectivity index (χ0v) is 34.2. The minimum atomic E-state index is -0.279. The molecule has 4 atom stereocenters. The second kappa shape index (κ2) is 15.6. The molecule has 19 nitrogen and oxygen atoms in total. The highest BCUT2D eigenvalue weighted by Crippen LogP contribution is 2.47. The monoisotopic (exact) mass is 838 g/mol. The minimum Gasteiger partial charge on any atom is -0.378 e. The third-order valence-electron chi connectivity index (χ3n) is 12.7. The number of aromatic nitrogens is 8. The highest BCUT2D eigenvalue weighted by Gasteiger charge is 2.42. The van der Waals surface area contributed by atoms with E-state index < -0.39 is 0 Å². The fourth-order valence-electron chi connectivity index (χ4n) is 9.40. The van der Waals surface area contributed by atoms with Crippen molar-refractivity contribution in [2.45, 2.75) is 50.1 Å². The number of carbonyl (C=O) groups is 1. The minimum absolute atomic E-state index is 0.185. The molecular weight excluding hydrogens is 793 g/mol. The second-order valence-corrected chi connectivity index (χ2v) is 16.7. The molecule has 4 bridgehead atoms. The number of urea groups is 1. The van der Waals surface area contributed by atoms with Gasteiger partial charge < -0.3 is 38.5 Å². The number of hydrogen-bond donors (Lipinski definition) is 0. The Bertz CT molecular complexity index is 2280. The van der Waals surface area contributed by atoms with Gasteiger partial charge in [-0.05, 0) is 80.3 Å². The van der Waals surface area contributed by atoms with Gasteiger partial charge in [0.2, 0.25) is 23.8 Å². The van der Waals surface area contributed by atoms with E-state index in [9.17, 15) is 4.79 Å². The van der Waals surface area contributed by atoms with Crippen LogP contribution in [0.2, 0.25) is 0 Å². The van der Waals surface area contributed by atoms with Gasteiger partial charge in [-0.2, -0.15) is 35.0 Å². The summed E-state index contributed by atoms with van der Waals surface area (Å²) in [5.74, 6) is 4.23. The largest absolute Gasteiger partial charge is 0.378 e. The van der Waals surface area contributed by atoms with Crippen LogP contribution in [0.15, 0.2) is 60.8 Å². The summed E-state index contributed by atoms with van der Waals surface area (Å²) >= 11 is 0. The van der Waals surface area contributed by atoms with Crippen molar-refractivity contribution < 1.29 is 23.7 Å². The molecule has 10 heterocycles. The second-order valence-electron chi connectivity index (χ2n) is 16.7. The predicted octanol–water partition coefficient (Wildman–Crippen LogP) is 4.00. The molecule has 2 amide bonds. The average Bonchev–Trinajstić information content (AvgIpc) is 3.84. The van der Waals surface area contributed by atoms with Crippen LogP contribution in [0.1, 0.15) is 25.7 Å². The molecule has 19 heteroatoms. The molecule has 0 radical (unpaired) electrons. The number of amides is 2. The van der Waals surface area contributed by atoms with Gasteiger partial charge in [0, 0.05) is 63.5 Å². The molecule has 0 spiro atoms. The van der Waals surface area contributed by atoms with Gasteiger partial charge in [0.25, 0.3) is 0 Å². The zero-order chi connectivity index (χ0) is 41.1. The molecule has 2 aromatic carbocycles. The van der Waals surface area contributed by atoms with Gasteiger partial charge in [-0.25, -0.2) is 9.69 Å². The van der Waals surface area contributed by atoms with Gasteiger partial charge in [-0.1, -0.05) is 0 Å². The van der Waals surface area contributed by atoms with Crippen molar-refractivity contribution in [2.24, 2.45) is 0 Å². The van der Waals surface area contributed by atoms with Crippen molar-refractivity contribution >= 4 is 52.7 Å². The molecule has 12 rings (SSSR count). The third kappa shape index (κ3) is 7.17. The number of carbonyl (C=O) groups excluding carboxylic acids is 1. The van der Waals surface area contributed by atoms with Crippen molar-refractivity contribution in [1.82, 2.24) is 40.1 Å². The van der Waals surface area contributed by atoms with Gasteiger partial charge in [0.1, 0.15) is 0 Å². The Labute approximate surface area is 357 Å². The molecule has 7 aliphatic heterocycles. The predicted molar refractivity (Wildman–Crippen MR) is 229 cm³/mol. The maximum atomic E-state index is 14.5. The SMILES string of the molecule is O=C(N(c1ccc(-c2nc(N3CCOCC3)nc(N3CC4CCC(C3)O4)n2)cc1)c1ccc(-c2nc(N3CCOCC3)nc(N3CC4CCC(C3)O4)n2)cc1)N1c2ccnnc21. The molecule has 62 heavy (non-hydrogen) atoms. The Morgan fingerprint density at radius 2 is 0.952 bits per heavy atom. The normalized spacial score (nSPS) is 24.0. The number of rotatable bonds is 8. The Hall–Kier alpha value is -6.15. The van der Waals surface area contributed by atoms with Crippen molar-refractivity contribution in [3.8, 4) is 22.8 Å². The molecule has 0 N–H and O–H groups in total. The van der Waals surface area contributed by atoms with E-state index in [1.807, 2.05) is 48.5 Å². The fraction of sp³-hybridized carbons (Fsp3) is 0.465. The summed E-state index contributed by atoms with van der Waals surface area (Å²) in [6, 6.07) is 17.1. The Morgan fingerprint density at radius 3 is 1.35 bits per heavy atom. The molecule has 5 aromatic rings. The Balaban J connectivity index is 0.873. The van der Waals surface area contributed by atoms with Gasteiger partial charge in [0.05, 0.1) is 74.1 Å². The van der Waals surface area contributed by atoms with Crippen LogP contribution in [-0.2, 0) is 18.9 Å². The smallest absolute Gasteiger partial charge is 0.339 e. The summed E-state index contributed by atoms with van der Waals surface area (Å²) in [6.07, 6.45) is 6.53. The van der Waals surface area contributed by atoms with E-state index in [2.05, 4.69) is 29.8 Å². The van der Waals surface area contributed by atoms with Crippen molar-refractivity contribution in [2.75, 3.05) is 108 Å². The summed E-state index contributed by atoms with van der Waals surface area (Å²) in [5.41, 5.74) is 3.65. The van der Waals surface area contributed by atoms with E-state index in [1.165, 1.54) is 0 Å². The first-order valence-corrected chi connectivity index (χ1v) is 21.7. The summed E-state index contributed by atoms with van der Waals surface area (Å²) in [7, 11) is 0. The van der Waals surface area contributed by atoms with E-state index in [-0.39, 0.29) is 30.4 Å². The van der Waals surface area contributed by atoms with Gasteiger partial charge in [-0.15, -0.1) is 5.10 Å². The highest BCUT2D eigenvalue weighted by atomic mass is 16.5. The molecule has 0 saturated carbocycles. The molecule has 7 aliphatic rings. The lowest BCUT2D eigenvalue weighted by molar-refractivity contribution is 0.0297. The first kappa shape index (κ1) is 37.6. The molecule has 318 valence electrons. The number of ether oxygens (including phenoxy) is 4. The lowest BCUT2D eigenvalue weighted by Gasteiger charge is -2.33. The lowest BCUT2D eigenvalue weighted by atomic mass is 10.1. The van der Waals surface area contributed by atoms with Crippen LogP contribution in [-0.4, -0.2) is 149 Å². The van der Waals surface area contributed by atoms with E-state index in [4.69, 9.17) is 48.9 Å². The van der Waals surface area contributed by atoms with Crippen molar-refractivity contribution in [3.63, 3.8) is 0 Å². The molecule has 6 fully saturated rings. The van der Waals surface area contributed by atoms with Crippen LogP contribution in [0.4, 0.5) is 51.5 Å². The van der Waals surface area contributed by atoms with Crippen LogP contribution in [0, 0.1) is 0 Å². The van der Waals surface area contributed by atoms with Gasteiger partial charge in [0.15, 0.2) is 17.5 Å². The number of benzene rings is 2. The van der Waals surface area contributed by atoms with Crippen LogP contribution < -0.4 is 29.4 Å². The maximum absolute atomic E-state index is 14.5. The highest BCUT2D eigenvalue weighted by molar-refractivity contribution is 6.21. The number of fused-ring (bicyclic) bond motifs is 5. The Morgan fingerprint density at radius 1 is 0.532 bits per heavy atom. The number of anilines is 8. The molecule has 0 aliphatic carbocycles. The maximum Gasteiger partial charge on any atom is 0.339 e. The van der Waals surface area contributed by atoms with Crippen LogP contribution in [0.25, 0.3) is 22.8 Å². The van der Waals surface area contributed by atoms with Crippen LogP contribution in [0.3, 0.4) is 0 Å². The van der Waals surface area contributed by atoms with Crippen LogP contribution >= 0.6 is 0 Å². The number of hydrogen-bond acceptors (Lipinski definition) is 17. The van der Waals surface area contributed by atoms with Crippen molar-refractivity contribution in [1.29, 1.82) is 0 Å².